The number of hydrogen-bond acceptors (Lipinski definition) is 6. The molecule has 2 aromatic rings. The zero-order chi connectivity index (χ0) is 22.8. The van der Waals surface area contributed by atoms with Crippen molar-refractivity contribution < 1.29 is 28.6 Å². The van der Waals surface area contributed by atoms with Crippen LogP contribution in [0.5, 0.6) is 5.75 Å². The molecule has 170 valence electrons. The maximum atomic E-state index is 13.0. The Morgan fingerprint density at radius 1 is 1.28 bits per heavy atom. The molecule has 3 heterocycles. The van der Waals surface area contributed by atoms with Crippen LogP contribution in [-0.2, 0) is 14.3 Å². The molecule has 32 heavy (non-hydrogen) atoms. The Hall–Kier alpha value is -3.06. The highest BCUT2D eigenvalue weighted by Crippen LogP contribution is 2.40. The van der Waals surface area contributed by atoms with Crippen molar-refractivity contribution in [1.82, 2.24) is 4.90 Å². The summed E-state index contributed by atoms with van der Waals surface area (Å²) in [6.07, 6.45) is 3.10. The minimum Gasteiger partial charge on any atom is -0.507 e. The van der Waals surface area contributed by atoms with Crippen molar-refractivity contribution in [2.75, 3.05) is 19.8 Å². The first kappa shape index (κ1) is 22.1. The van der Waals surface area contributed by atoms with Gasteiger partial charge in [-0.15, -0.1) is 0 Å². The summed E-state index contributed by atoms with van der Waals surface area (Å²) < 4.78 is 17.1. The van der Waals surface area contributed by atoms with Gasteiger partial charge >= 0.3 is 0 Å². The Kier molecular flexibility index (Phi) is 6.37. The molecule has 2 saturated heterocycles. The number of amides is 1. The Labute approximate surface area is 187 Å². The smallest absolute Gasteiger partial charge is 0.295 e. The number of carbonyl (C=O) groups excluding carboxylic acids is 2. The highest BCUT2D eigenvalue weighted by atomic mass is 16.5. The Morgan fingerprint density at radius 3 is 2.72 bits per heavy atom. The lowest BCUT2D eigenvalue weighted by Crippen LogP contribution is -2.36. The lowest BCUT2D eigenvalue weighted by Gasteiger charge is -2.25. The molecular weight excluding hydrogens is 410 g/mol. The molecule has 4 rings (SSSR count). The van der Waals surface area contributed by atoms with E-state index in [2.05, 4.69) is 13.8 Å². The van der Waals surface area contributed by atoms with E-state index < -0.39 is 17.7 Å². The second-order valence-electron chi connectivity index (χ2n) is 8.79. The number of ketones is 1. The molecule has 0 bridgehead atoms. The number of carbonyl (C=O) groups is 2. The number of likely N-dealkylation sites (tertiary alicyclic amines) is 1. The van der Waals surface area contributed by atoms with Crippen molar-refractivity contribution >= 4 is 17.4 Å². The molecule has 2 aliphatic heterocycles. The van der Waals surface area contributed by atoms with Crippen molar-refractivity contribution in [3.63, 3.8) is 0 Å². The summed E-state index contributed by atoms with van der Waals surface area (Å²) in [4.78, 5) is 27.4. The third-order valence-electron chi connectivity index (χ3n) is 5.80. The molecule has 2 fully saturated rings. The molecule has 0 aliphatic carbocycles. The Bertz CT molecular complexity index is 1020. The number of nitrogens with zero attached hydrogens (tertiary/aromatic N) is 1. The van der Waals surface area contributed by atoms with Crippen LogP contribution >= 0.6 is 0 Å². The molecule has 2 unspecified atom stereocenters. The normalized spacial score (nSPS) is 22.8. The van der Waals surface area contributed by atoms with Gasteiger partial charge < -0.3 is 23.9 Å². The van der Waals surface area contributed by atoms with Gasteiger partial charge in [0.25, 0.3) is 11.7 Å². The fourth-order valence-electron chi connectivity index (χ4n) is 4.19. The predicted molar refractivity (Wildman–Crippen MR) is 118 cm³/mol. The molecule has 0 spiro atoms. The maximum Gasteiger partial charge on any atom is 0.295 e. The first-order valence-corrected chi connectivity index (χ1v) is 11.0. The SMILES string of the molecule is Cc1cc(/C(O)=C2/C(=O)C(=O)N(CC3CCCO3)C2c2ccco2)ccc1OCC(C)C. The minimum atomic E-state index is -0.800. The number of ether oxygens (including phenoxy) is 2. The highest BCUT2D eigenvalue weighted by Gasteiger charge is 2.48. The van der Waals surface area contributed by atoms with Crippen molar-refractivity contribution in [1.29, 1.82) is 0 Å². The first-order chi connectivity index (χ1) is 15.4. The van der Waals surface area contributed by atoms with Gasteiger partial charge in [0.15, 0.2) is 0 Å². The minimum absolute atomic E-state index is 0.0261. The van der Waals surface area contributed by atoms with Gasteiger partial charge in [0.05, 0.1) is 24.5 Å². The molecule has 1 aromatic carbocycles. The summed E-state index contributed by atoms with van der Waals surface area (Å²) in [6.45, 7) is 7.52. The zero-order valence-electron chi connectivity index (χ0n) is 18.7. The number of rotatable bonds is 7. The number of benzene rings is 1. The van der Waals surface area contributed by atoms with E-state index in [0.717, 1.165) is 24.2 Å². The summed E-state index contributed by atoms with van der Waals surface area (Å²) in [5.41, 5.74) is 1.31. The first-order valence-electron chi connectivity index (χ1n) is 11.0. The number of hydrogen-bond donors (Lipinski definition) is 1. The topological polar surface area (TPSA) is 89.2 Å². The van der Waals surface area contributed by atoms with Crippen LogP contribution in [0.1, 0.15) is 49.6 Å². The highest BCUT2D eigenvalue weighted by molar-refractivity contribution is 6.46. The van der Waals surface area contributed by atoms with E-state index in [4.69, 9.17) is 13.9 Å². The van der Waals surface area contributed by atoms with Crippen molar-refractivity contribution in [2.45, 2.75) is 45.8 Å². The molecule has 7 heteroatoms. The summed E-state index contributed by atoms with van der Waals surface area (Å²) in [5, 5.41) is 11.2. The second-order valence-corrected chi connectivity index (χ2v) is 8.79. The number of Topliss-reactive ketones (excluding diaryl/α,β-unsaturated/α-hetero) is 1. The second kappa shape index (κ2) is 9.20. The molecule has 2 aliphatic rings. The van der Waals surface area contributed by atoms with Gasteiger partial charge in [0.2, 0.25) is 0 Å². The third-order valence-corrected chi connectivity index (χ3v) is 5.80. The van der Waals surface area contributed by atoms with E-state index >= 15 is 0 Å². The average molecular weight is 440 g/mol. The van der Waals surface area contributed by atoms with E-state index in [9.17, 15) is 14.7 Å². The molecule has 7 nitrogen and oxygen atoms in total. The lowest BCUT2D eigenvalue weighted by molar-refractivity contribution is -0.141. The quantitative estimate of drug-likeness (QED) is 0.395. The van der Waals surface area contributed by atoms with Gasteiger partial charge in [0.1, 0.15) is 23.3 Å². The molecule has 2 atom stereocenters. The monoisotopic (exact) mass is 439 g/mol. The van der Waals surface area contributed by atoms with Crippen LogP contribution < -0.4 is 4.74 Å². The van der Waals surface area contributed by atoms with Gasteiger partial charge in [-0.1, -0.05) is 13.8 Å². The maximum absolute atomic E-state index is 13.0. The van der Waals surface area contributed by atoms with E-state index in [1.54, 1.807) is 30.3 Å². The van der Waals surface area contributed by atoms with Crippen LogP contribution in [0.2, 0.25) is 0 Å². The summed E-state index contributed by atoms with van der Waals surface area (Å²) >= 11 is 0. The van der Waals surface area contributed by atoms with Gasteiger partial charge in [-0.25, -0.2) is 0 Å². The van der Waals surface area contributed by atoms with Crippen molar-refractivity contribution in [2.24, 2.45) is 5.92 Å². The molecule has 0 saturated carbocycles. The fourth-order valence-corrected chi connectivity index (χ4v) is 4.19. The van der Waals surface area contributed by atoms with Crippen LogP contribution in [-0.4, -0.2) is 47.6 Å². The van der Waals surface area contributed by atoms with Crippen LogP contribution in [0.25, 0.3) is 5.76 Å². The Morgan fingerprint density at radius 2 is 2.09 bits per heavy atom. The van der Waals surface area contributed by atoms with Crippen LogP contribution in [0.3, 0.4) is 0 Å². The molecular formula is C25H29NO6. The molecule has 0 radical (unpaired) electrons. The van der Waals surface area contributed by atoms with E-state index in [-0.39, 0.29) is 24.0 Å². The number of aryl methyl sites for hydroxylation is 1. The summed E-state index contributed by atoms with van der Waals surface area (Å²) in [7, 11) is 0. The number of aliphatic hydroxyl groups is 1. The lowest BCUT2D eigenvalue weighted by atomic mass is 9.98. The standard InChI is InChI=1S/C25H29NO6/c1-15(2)14-32-19-9-8-17(12-16(19)3)23(27)21-22(20-7-5-11-31-20)26(25(29)24(21)28)13-18-6-4-10-30-18/h5,7-9,11-12,15,18,22,27H,4,6,10,13-14H2,1-3H3/b23-21-. The summed E-state index contributed by atoms with van der Waals surface area (Å²) in [6, 6.07) is 7.85. The van der Waals surface area contributed by atoms with Crippen LogP contribution in [0, 0.1) is 12.8 Å². The third kappa shape index (κ3) is 4.30. The van der Waals surface area contributed by atoms with E-state index in [1.165, 1.54) is 11.2 Å². The number of furan rings is 1. The van der Waals surface area contributed by atoms with E-state index in [0.29, 0.717) is 30.5 Å². The molecule has 1 amide bonds. The van der Waals surface area contributed by atoms with Crippen LogP contribution in [0.15, 0.2) is 46.6 Å². The number of aliphatic hydroxyl groups excluding tert-OH is 1. The van der Waals surface area contributed by atoms with Gasteiger partial charge in [-0.2, -0.15) is 0 Å². The molecule has 1 aromatic heterocycles. The summed E-state index contributed by atoms with van der Waals surface area (Å²) in [5.74, 6) is -0.0699. The zero-order valence-corrected chi connectivity index (χ0v) is 18.7. The largest absolute Gasteiger partial charge is 0.507 e. The van der Waals surface area contributed by atoms with Gasteiger partial charge in [-0.05, 0) is 61.6 Å². The van der Waals surface area contributed by atoms with Gasteiger partial charge in [0, 0.05) is 18.7 Å². The van der Waals surface area contributed by atoms with E-state index in [1.807, 2.05) is 6.92 Å². The van der Waals surface area contributed by atoms with Gasteiger partial charge in [-0.3, -0.25) is 9.59 Å². The Balaban J connectivity index is 1.71. The molecule has 1 N–H and O–H groups in total. The van der Waals surface area contributed by atoms with Crippen molar-refractivity contribution in [3.8, 4) is 5.75 Å². The predicted octanol–water partition coefficient (Wildman–Crippen LogP) is 4.22. The van der Waals surface area contributed by atoms with Crippen LogP contribution in [0.4, 0.5) is 0 Å². The van der Waals surface area contributed by atoms with Crippen molar-refractivity contribution in [3.05, 3.63) is 59.1 Å². The average Bonchev–Trinajstić information content (AvgIpc) is 3.51. The fraction of sp³-hybridized carbons (Fsp3) is 0.440.